The number of Topliss-reactive ketones (excluding diaryl/α,β-unsaturated/α-hetero) is 1. The van der Waals surface area contributed by atoms with Gasteiger partial charge in [0.1, 0.15) is 41.0 Å². The number of nitrogens with one attached hydrogen (secondary N) is 1. The molecule has 38 heavy (non-hydrogen) atoms. The normalized spacial score (nSPS) is 14.4. The van der Waals surface area contributed by atoms with E-state index in [0.29, 0.717) is 6.08 Å². The Balaban J connectivity index is 0.00000241. The van der Waals surface area contributed by atoms with E-state index in [1.165, 1.54) is 24.3 Å². The van der Waals surface area contributed by atoms with Crippen LogP contribution < -0.4 is 94.1 Å². The Morgan fingerprint density at radius 2 is 1.32 bits per heavy atom. The number of hydrogen-bond acceptors (Lipinski definition) is 12. The van der Waals surface area contributed by atoms with Gasteiger partial charge < -0.3 is 13.7 Å². The summed E-state index contributed by atoms with van der Waals surface area (Å²) in [5, 5.41) is 4.16. The first-order chi connectivity index (χ1) is 16.2. The molecule has 0 bridgehead atoms. The van der Waals surface area contributed by atoms with Crippen molar-refractivity contribution in [3.05, 3.63) is 70.6 Å². The van der Waals surface area contributed by atoms with Crippen molar-refractivity contribution in [3.63, 3.8) is 0 Å². The molecule has 0 unspecified atom stereocenters. The third kappa shape index (κ3) is 7.43. The van der Waals surface area contributed by atoms with E-state index in [9.17, 15) is 43.7 Å². The van der Waals surface area contributed by atoms with Crippen LogP contribution in [0.4, 0.5) is 5.69 Å². The van der Waals surface area contributed by atoms with Gasteiger partial charge in [0, 0.05) is 16.3 Å². The Morgan fingerprint density at radius 3 is 1.87 bits per heavy atom. The number of rotatable bonds is 5. The molecule has 3 aromatic carbocycles. The summed E-state index contributed by atoms with van der Waals surface area (Å²) in [4.78, 5) is 10.3. The summed E-state index contributed by atoms with van der Waals surface area (Å²) in [6.45, 7) is 0. The fraction of sp³-hybridized carbons (Fsp3) is 0. The first kappa shape index (κ1) is 35.6. The molecule has 0 heterocycles. The van der Waals surface area contributed by atoms with E-state index in [4.69, 9.17) is 0 Å². The van der Waals surface area contributed by atoms with Gasteiger partial charge in [0.25, 0.3) is 0 Å². The van der Waals surface area contributed by atoms with Crippen LogP contribution in [-0.4, -0.2) is 50.4 Å². The third-order valence-electron chi connectivity index (χ3n) is 5.00. The van der Waals surface area contributed by atoms with Crippen molar-refractivity contribution in [2.24, 2.45) is 5.10 Å². The Hall–Kier alpha value is -0.470. The number of allylic oxidation sites excluding steroid dienone is 1. The summed E-state index contributed by atoms with van der Waals surface area (Å²) in [6, 6.07) is 10.8. The van der Waals surface area contributed by atoms with Crippen molar-refractivity contribution in [3.8, 4) is 0 Å². The Bertz CT molecular complexity index is 1820. The van der Waals surface area contributed by atoms with Crippen LogP contribution in [0.1, 0.15) is 11.1 Å². The van der Waals surface area contributed by atoms with Crippen LogP contribution in [0.2, 0.25) is 0 Å². The number of nitrogens with zero attached hydrogens (tertiary/aromatic N) is 1. The molecule has 3 aromatic rings. The molecule has 0 saturated carbocycles. The summed E-state index contributed by atoms with van der Waals surface area (Å²) in [7, 11) is -15.1. The molecular formula is C20H11N2Na3O10S3. The monoisotopic (exact) mass is 604 g/mol. The molecule has 12 nitrogen and oxygen atoms in total. The van der Waals surface area contributed by atoms with Crippen LogP contribution in [-0.2, 0) is 35.1 Å². The average Bonchev–Trinajstić information content (AvgIpc) is 2.75. The zero-order valence-electron chi connectivity index (χ0n) is 20.0. The zero-order valence-corrected chi connectivity index (χ0v) is 28.5. The third-order valence-corrected chi connectivity index (χ3v) is 7.57. The number of anilines is 1. The molecule has 0 atom stereocenters. The standard InChI is InChI=1S/C20H14N2O10S3.3Na/c23-20-18(35(30,31)32)10-11-9-12(33(24,25)26)5-6-13(11)19(20)22-21-16-7-8-17(34(27,28)29)15-4-2-1-3-14(15)16;;;/h1-10,21H,(H,24,25,26)(H,27,28,29)(H,30,31,32);;;/q;3*+1/p-3/b22-19+;;;. The molecule has 0 saturated heterocycles. The number of fused-ring (bicyclic) bond motifs is 2. The topological polar surface area (TPSA) is 213 Å². The second-order valence-corrected chi connectivity index (χ2v) is 11.3. The van der Waals surface area contributed by atoms with Crippen LogP contribution in [0.3, 0.4) is 0 Å². The fourth-order valence-electron chi connectivity index (χ4n) is 3.48. The Labute approximate surface area is 284 Å². The molecule has 1 aliphatic carbocycles. The molecule has 0 fully saturated rings. The van der Waals surface area contributed by atoms with Crippen molar-refractivity contribution >= 4 is 64.4 Å². The number of ketones is 1. The van der Waals surface area contributed by atoms with E-state index >= 15 is 0 Å². The maximum absolute atomic E-state index is 12.8. The minimum Gasteiger partial charge on any atom is -0.744 e. The second kappa shape index (κ2) is 13.0. The van der Waals surface area contributed by atoms with Gasteiger partial charge in [-0.15, -0.1) is 0 Å². The van der Waals surface area contributed by atoms with Crippen molar-refractivity contribution in [1.82, 2.24) is 0 Å². The van der Waals surface area contributed by atoms with Gasteiger partial charge in [-0.2, -0.15) is 5.10 Å². The van der Waals surface area contributed by atoms with Gasteiger partial charge in [-0.05, 0) is 35.9 Å². The maximum Gasteiger partial charge on any atom is 1.00 e. The minimum atomic E-state index is -5.31. The largest absolute Gasteiger partial charge is 1.00 e. The number of carbonyl (C=O) groups excluding carboxylic acids is 1. The Morgan fingerprint density at radius 1 is 0.711 bits per heavy atom. The van der Waals surface area contributed by atoms with Crippen molar-refractivity contribution in [1.29, 1.82) is 0 Å². The van der Waals surface area contributed by atoms with Crippen LogP contribution in [0.25, 0.3) is 16.8 Å². The quantitative estimate of drug-likeness (QED) is 0.164. The summed E-state index contributed by atoms with van der Waals surface area (Å²) < 4.78 is 104. The van der Waals surface area contributed by atoms with E-state index in [-0.39, 0.29) is 116 Å². The van der Waals surface area contributed by atoms with Crippen LogP contribution in [0, 0.1) is 0 Å². The van der Waals surface area contributed by atoms with E-state index < -0.39 is 56.5 Å². The van der Waals surface area contributed by atoms with Gasteiger partial charge in [0.15, 0.2) is 0 Å². The van der Waals surface area contributed by atoms with Gasteiger partial charge in [0.05, 0.1) is 15.5 Å². The second-order valence-electron chi connectivity index (χ2n) is 7.18. The molecular weight excluding hydrogens is 593 g/mol. The first-order valence-corrected chi connectivity index (χ1v) is 13.5. The van der Waals surface area contributed by atoms with Crippen LogP contribution in [0.15, 0.2) is 74.4 Å². The SMILES string of the molecule is O=C1C(S(=O)(=O)[O-])=Cc2cc(S(=O)(=O)[O-])ccc2/C1=N\Nc1ccc(S(=O)(=O)[O-])c2ccccc12.[Na+].[Na+].[Na+]. The summed E-state index contributed by atoms with van der Waals surface area (Å²) in [6.07, 6.45) is 0.650. The summed E-state index contributed by atoms with van der Waals surface area (Å²) >= 11 is 0. The smallest absolute Gasteiger partial charge is 0.744 e. The van der Waals surface area contributed by atoms with Crippen LogP contribution in [0.5, 0.6) is 0 Å². The van der Waals surface area contributed by atoms with Gasteiger partial charge in [-0.3, -0.25) is 10.2 Å². The van der Waals surface area contributed by atoms with E-state index in [2.05, 4.69) is 10.5 Å². The number of hydrazone groups is 1. The van der Waals surface area contributed by atoms with Gasteiger partial charge in [0.2, 0.25) is 5.78 Å². The summed E-state index contributed by atoms with van der Waals surface area (Å²) in [5.74, 6) is -1.29. The van der Waals surface area contributed by atoms with Crippen LogP contribution >= 0.6 is 0 Å². The summed E-state index contributed by atoms with van der Waals surface area (Å²) in [5.41, 5.74) is 1.72. The molecule has 1 N–H and O–H groups in total. The number of carbonyl (C=O) groups is 1. The van der Waals surface area contributed by atoms with Gasteiger partial charge in [-0.1, -0.05) is 30.3 Å². The molecule has 0 amide bonds. The predicted octanol–water partition coefficient (Wildman–Crippen LogP) is -8.06. The predicted molar refractivity (Wildman–Crippen MR) is 119 cm³/mol. The minimum absolute atomic E-state index is 0. The Kier molecular flexibility index (Phi) is 12.2. The molecule has 0 radical (unpaired) electrons. The fourth-order valence-corrected chi connectivity index (χ4v) is 5.26. The number of benzene rings is 3. The molecule has 182 valence electrons. The van der Waals surface area contributed by atoms with E-state index in [0.717, 1.165) is 24.3 Å². The van der Waals surface area contributed by atoms with Gasteiger partial charge >= 0.3 is 88.7 Å². The molecule has 4 rings (SSSR count). The van der Waals surface area contributed by atoms with E-state index in [1.807, 2.05) is 0 Å². The molecule has 18 heteroatoms. The average molecular weight is 604 g/mol. The molecule has 0 aromatic heterocycles. The molecule has 0 aliphatic heterocycles. The zero-order chi connectivity index (χ0) is 25.8. The van der Waals surface area contributed by atoms with Crippen molar-refractivity contribution in [2.45, 2.75) is 9.79 Å². The first-order valence-electron chi connectivity index (χ1n) is 9.32. The molecule has 0 spiro atoms. The molecule has 1 aliphatic rings. The van der Waals surface area contributed by atoms with Crippen molar-refractivity contribution in [2.75, 3.05) is 5.43 Å². The van der Waals surface area contributed by atoms with Gasteiger partial charge in [-0.25, -0.2) is 25.3 Å². The number of hydrogen-bond donors (Lipinski definition) is 1. The maximum atomic E-state index is 12.8. The van der Waals surface area contributed by atoms with E-state index in [1.54, 1.807) is 6.07 Å². The van der Waals surface area contributed by atoms with Crippen molar-refractivity contribution < 1.29 is 132 Å².